The van der Waals surface area contributed by atoms with Crippen molar-refractivity contribution in [2.45, 2.75) is 45.2 Å². The highest BCUT2D eigenvalue weighted by atomic mass is 16.7. The van der Waals surface area contributed by atoms with E-state index in [4.69, 9.17) is 22.4 Å². The first-order valence-electron chi connectivity index (χ1n) is 7.93. The molecule has 0 fully saturated rings. The van der Waals surface area contributed by atoms with Gasteiger partial charge in [-0.25, -0.2) is 4.79 Å². The van der Waals surface area contributed by atoms with Gasteiger partial charge >= 0.3 is 5.97 Å². The minimum Gasteiger partial charge on any atom is -0.479 e. The molecule has 1 aromatic rings. The monoisotopic (exact) mass is 397 g/mol. The number of aliphatic carboxylic acids is 1. The molecule has 1 rings (SSSR count). The predicted molar refractivity (Wildman–Crippen MR) is 93.5 cm³/mol. The third-order valence-electron chi connectivity index (χ3n) is 3.18. The largest absolute Gasteiger partial charge is 0.479 e. The minimum absolute atomic E-state index is 0.0521. The summed E-state index contributed by atoms with van der Waals surface area (Å²) in [6, 6.07) is 4.08. The zero-order valence-electron chi connectivity index (χ0n) is 15.1. The summed E-state index contributed by atoms with van der Waals surface area (Å²) in [6.07, 6.45) is -7.47. The average molecular weight is 397 g/mol. The Labute approximate surface area is 161 Å². The fraction of sp³-hybridized carbons (Fsp3) is 0.438. The number of carbonyl (C=O) groups excluding carboxylic acids is 2. The van der Waals surface area contributed by atoms with Crippen LogP contribution in [0.1, 0.15) is 19.4 Å². The maximum absolute atomic E-state index is 11.4. The van der Waals surface area contributed by atoms with Gasteiger partial charge in [-0.2, -0.15) is 0 Å². The molecule has 0 aliphatic carbocycles. The van der Waals surface area contributed by atoms with E-state index in [1.165, 1.54) is 25.1 Å². The Morgan fingerprint density at radius 3 is 2.32 bits per heavy atom. The van der Waals surface area contributed by atoms with Crippen LogP contribution in [0.5, 0.6) is 5.75 Å². The quantitative estimate of drug-likeness (QED) is 0.251. The van der Waals surface area contributed by atoms with Crippen LogP contribution in [0.2, 0.25) is 0 Å². The summed E-state index contributed by atoms with van der Waals surface area (Å²) in [7, 11) is 4.89. The van der Waals surface area contributed by atoms with Crippen molar-refractivity contribution < 1.29 is 49.0 Å². The van der Waals surface area contributed by atoms with Crippen LogP contribution in [-0.4, -0.2) is 70.8 Å². The first-order chi connectivity index (χ1) is 13.0. The van der Waals surface area contributed by atoms with Crippen LogP contribution in [-0.2, 0) is 25.7 Å². The molecule has 0 bridgehead atoms. The first kappa shape index (κ1) is 23.4. The number of amides is 1. The lowest BCUT2D eigenvalue weighted by molar-refractivity contribution is -0.247. The highest BCUT2D eigenvalue weighted by molar-refractivity contribution is 6.55. The van der Waals surface area contributed by atoms with Crippen molar-refractivity contribution in [1.29, 1.82) is 0 Å². The molecule has 28 heavy (non-hydrogen) atoms. The molecule has 0 heterocycles. The maximum Gasteiger partial charge on any atom is 0.335 e. The summed E-state index contributed by atoms with van der Waals surface area (Å²) in [4.78, 5) is 33.2. The van der Waals surface area contributed by atoms with Crippen molar-refractivity contribution in [1.82, 2.24) is 0 Å². The number of carbonyl (C=O) groups is 3. The van der Waals surface area contributed by atoms with Crippen molar-refractivity contribution in [3.63, 3.8) is 0 Å². The summed E-state index contributed by atoms with van der Waals surface area (Å²) in [5.41, 5.74) is 0.473. The van der Waals surface area contributed by atoms with Crippen molar-refractivity contribution >= 4 is 31.3 Å². The number of hydrogen-bond acceptors (Lipinski definition) is 9. The van der Waals surface area contributed by atoms with Crippen LogP contribution in [0.25, 0.3) is 0 Å². The number of benzene rings is 1. The van der Waals surface area contributed by atoms with Gasteiger partial charge in [-0.1, -0.05) is 6.07 Å². The fourth-order valence-electron chi connectivity index (χ4n) is 2.02. The predicted octanol–water partition coefficient (Wildman–Crippen LogP) is -0.684. The van der Waals surface area contributed by atoms with E-state index in [0.29, 0.717) is 5.56 Å². The van der Waals surface area contributed by atoms with E-state index in [2.05, 4.69) is 10.1 Å². The van der Waals surface area contributed by atoms with Gasteiger partial charge in [0.05, 0.1) is 11.8 Å². The SMILES string of the molecule is [B]C(=O)OCc1ccc(OC(OC(C(=O)O)[C@H](C)O)C(O)O)c(NC(C)=O)c1. The molecule has 0 saturated heterocycles. The molecule has 3 atom stereocenters. The topological polar surface area (TPSA) is 172 Å². The van der Waals surface area contributed by atoms with Crippen molar-refractivity contribution in [3.05, 3.63) is 23.8 Å². The van der Waals surface area contributed by atoms with Gasteiger partial charge in [0.1, 0.15) is 12.4 Å². The van der Waals surface area contributed by atoms with Gasteiger partial charge in [0.2, 0.25) is 25.9 Å². The number of carboxylic acids is 1. The summed E-state index contributed by atoms with van der Waals surface area (Å²) in [5, 5.41) is 39.8. The number of hydrogen-bond donors (Lipinski definition) is 5. The number of aliphatic hydroxyl groups excluding tert-OH is 2. The van der Waals surface area contributed by atoms with E-state index in [1.54, 1.807) is 0 Å². The molecule has 11 nitrogen and oxygen atoms in total. The van der Waals surface area contributed by atoms with Gasteiger partial charge in [0.15, 0.2) is 6.10 Å². The Kier molecular flexibility index (Phi) is 8.86. The lowest BCUT2D eigenvalue weighted by Crippen LogP contribution is -2.44. The maximum atomic E-state index is 11.4. The number of ether oxygens (including phenoxy) is 3. The minimum atomic E-state index is -2.27. The number of aliphatic hydroxyl groups is 3. The van der Waals surface area contributed by atoms with E-state index in [-0.39, 0.29) is 18.0 Å². The number of carboxylic acid groups (broad SMARTS) is 1. The Morgan fingerprint density at radius 1 is 1.21 bits per heavy atom. The van der Waals surface area contributed by atoms with Crippen LogP contribution in [0, 0.1) is 0 Å². The zero-order chi connectivity index (χ0) is 21.4. The summed E-state index contributed by atoms with van der Waals surface area (Å²) < 4.78 is 14.9. The number of anilines is 1. The lowest BCUT2D eigenvalue weighted by Gasteiger charge is -2.26. The molecule has 1 aromatic carbocycles. The molecule has 2 unspecified atom stereocenters. The molecule has 2 radical (unpaired) electrons. The van der Waals surface area contributed by atoms with Crippen LogP contribution in [0.3, 0.4) is 0 Å². The highest BCUT2D eigenvalue weighted by Crippen LogP contribution is 2.28. The second-order valence-corrected chi connectivity index (χ2v) is 5.65. The van der Waals surface area contributed by atoms with E-state index in [1.807, 2.05) is 0 Å². The molecule has 0 aromatic heterocycles. The first-order valence-corrected chi connectivity index (χ1v) is 7.93. The van der Waals surface area contributed by atoms with Crippen LogP contribution in [0.4, 0.5) is 10.5 Å². The summed E-state index contributed by atoms with van der Waals surface area (Å²) in [5.74, 6) is -3.15. The Hall–Kier alpha value is -2.67. The molecule has 152 valence electrons. The molecule has 12 heteroatoms. The molecule has 1 amide bonds. The molecular formula is C16H20BNO10. The zero-order valence-corrected chi connectivity index (χ0v) is 15.1. The van der Waals surface area contributed by atoms with Crippen molar-refractivity contribution in [2.75, 3.05) is 5.32 Å². The Morgan fingerprint density at radius 2 is 1.86 bits per heavy atom. The Balaban J connectivity index is 3.11. The van der Waals surface area contributed by atoms with Gasteiger partial charge in [0.25, 0.3) is 6.29 Å². The Bertz CT molecular complexity index is 709. The second-order valence-electron chi connectivity index (χ2n) is 5.65. The molecule has 0 spiro atoms. The smallest absolute Gasteiger partial charge is 0.335 e. The highest BCUT2D eigenvalue weighted by Gasteiger charge is 2.32. The molecular weight excluding hydrogens is 377 g/mol. The van der Waals surface area contributed by atoms with Gasteiger partial charge in [-0.3, -0.25) is 9.59 Å². The third kappa shape index (κ3) is 7.52. The standard InChI is InChI=1S/C16H20BNO10/c1-7(19)12(13(21)22)28-15(14(23)24)27-11-4-3-9(6-26-16(17)25)5-10(11)18-8(2)20/h3-5,7,12,14-15,19,23-24H,6H2,1-2H3,(H,18,20)(H,21,22)/t7-,12?,15?/m0/s1. The molecule has 0 aliphatic rings. The molecule has 0 saturated carbocycles. The van der Waals surface area contributed by atoms with Crippen molar-refractivity contribution in [2.24, 2.45) is 0 Å². The van der Waals surface area contributed by atoms with E-state index in [0.717, 1.165) is 6.92 Å². The molecule has 0 aliphatic heterocycles. The van der Waals surface area contributed by atoms with Crippen LogP contribution >= 0.6 is 0 Å². The summed E-state index contributed by atoms with van der Waals surface area (Å²) >= 11 is 0. The number of rotatable bonds is 10. The number of nitrogens with one attached hydrogen (secondary N) is 1. The van der Waals surface area contributed by atoms with Gasteiger partial charge in [-0.05, 0) is 24.6 Å². The van der Waals surface area contributed by atoms with Gasteiger partial charge in [0, 0.05) is 6.92 Å². The van der Waals surface area contributed by atoms with Gasteiger partial charge in [-0.15, -0.1) is 0 Å². The van der Waals surface area contributed by atoms with Crippen LogP contribution in [0.15, 0.2) is 18.2 Å². The van der Waals surface area contributed by atoms with E-state index in [9.17, 15) is 29.7 Å². The van der Waals surface area contributed by atoms with E-state index >= 15 is 0 Å². The second kappa shape index (κ2) is 10.6. The van der Waals surface area contributed by atoms with E-state index < -0.39 is 42.5 Å². The lowest BCUT2D eigenvalue weighted by atomic mass is 10.1. The van der Waals surface area contributed by atoms with Crippen molar-refractivity contribution in [3.8, 4) is 5.75 Å². The normalized spacial score (nSPS) is 14.1. The van der Waals surface area contributed by atoms with Crippen LogP contribution < -0.4 is 10.1 Å². The summed E-state index contributed by atoms with van der Waals surface area (Å²) in [6.45, 7) is 2.14. The van der Waals surface area contributed by atoms with Gasteiger partial charge < -0.3 is 40.0 Å². The fourth-order valence-corrected chi connectivity index (χ4v) is 2.02. The molecule has 5 N–H and O–H groups in total. The third-order valence-corrected chi connectivity index (χ3v) is 3.18. The average Bonchev–Trinajstić information content (AvgIpc) is 2.56.